The zero-order valence-electron chi connectivity index (χ0n) is 12.0. The lowest BCUT2D eigenvalue weighted by Gasteiger charge is -2.13. The number of hydrogen-bond donors (Lipinski definition) is 1. The molecule has 0 saturated heterocycles. The van der Waals surface area contributed by atoms with Crippen molar-refractivity contribution in [1.29, 1.82) is 0 Å². The molecule has 3 aromatic rings. The van der Waals surface area contributed by atoms with Crippen molar-refractivity contribution in [3.05, 3.63) is 42.5 Å². The van der Waals surface area contributed by atoms with Crippen molar-refractivity contribution in [3.63, 3.8) is 0 Å². The zero-order valence-corrected chi connectivity index (χ0v) is 12.0. The first-order valence-corrected chi connectivity index (χ1v) is 6.89. The number of imidazole rings is 1. The molecule has 5 nitrogen and oxygen atoms in total. The molecule has 1 unspecified atom stereocenters. The van der Waals surface area contributed by atoms with Crippen LogP contribution in [0, 0.1) is 0 Å². The van der Waals surface area contributed by atoms with Crippen molar-refractivity contribution in [1.82, 2.24) is 19.3 Å². The second-order valence-electron chi connectivity index (χ2n) is 4.97. The van der Waals surface area contributed by atoms with Crippen LogP contribution >= 0.6 is 0 Å². The summed E-state index contributed by atoms with van der Waals surface area (Å²) in [5.41, 5.74) is 3.20. The second-order valence-corrected chi connectivity index (χ2v) is 4.97. The van der Waals surface area contributed by atoms with Gasteiger partial charge in [0.25, 0.3) is 0 Å². The van der Waals surface area contributed by atoms with E-state index in [0.29, 0.717) is 0 Å². The fourth-order valence-electron chi connectivity index (χ4n) is 2.48. The molecule has 0 aliphatic rings. The molecule has 1 aromatic carbocycles. The average molecular weight is 269 g/mol. The molecule has 3 rings (SSSR count). The molecule has 0 fully saturated rings. The number of aryl methyl sites for hydroxylation is 2. The molecular formula is C15H19N5. The van der Waals surface area contributed by atoms with Gasteiger partial charge in [0.2, 0.25) is 0 Å². The third-order valence-electron chi connectivity index (χ3n) is 3.55. The van der Waals surface area contributed by atoms with E-state index in [2.05, 4.69) is 41.9 Å². The van der Waals surface area contributed by atoms with Gasteiger partial charge in [0.1, 0.15) is 5.82 Å². The van der Waals surface area contributed by atoms with E-state index in [9.17, 15) is 0 Å². The van der Waals surface area contributed by atoms with Gasteiger partial charge in [-0.15, -0.1) is 0 Å². The first-order chi connectivity index (χ1) is 9.69. The van der Waals surface area contributed by atoms with E-state index < -0.39 is 0 Å². The smallest absolute Gasteiger partial charge is 0.131 e. The van der Waals surface area contributed by atoms with Gasteiger partial charge in [-0.2, -0.15) is 5.10 Å². The Kier molecular flexibility index (Phi) is 3.18. The van der Waals surface area contributed by atoms with Crippen molar-refractivity contribution >= 4 is 16.7 Å². The van der Waals surface area contributed by atoms with Crippen molar-refractivity contribution in [2.45, 2.75) is 26.4 Å². The summed E-state index contributed by atoms with van der Waals surface area (Å²) in [7, 11) is 2.05. The Hall–Kier alpha value is -2.30. The predicted octanol–water partition coefficient (Wildman–Crippen LogP) is 2.96. The summed E-state index contributed by atoms with van der Waals surface area (Å²) in [6.07, 6.45) is 3.86. The number of anilines is 1. The van der Waals surface area contributed by atoms with E-state index in [-0.39, 0.29) is 6.04 Å². The fourth-order valence-corrected chi connectivity index (χ4v) is 2.48. The number of fused-ring (bicyclic) bond motifs is 1. The number of nitrogens with one attached hydrogen (secondary N) is 1. The van der Waals surface area contributed by atoms with Gasteiger partial charge in [0.05, 0.1) is 29.0 Å². The van der Waals surface area contributed by atoms with Gasteiger partial charge in [-0.3, -0.25) is 4.68 Å². The van der Waals surface area contributed by atoms with Crippen LogP contribution in [0.25, 0.3) is 11.0 Å². The number of aromatic nitrogens is 4. The third kappa shape index (κ3) is 2.15. The van der Waals surface area contributed by atoms with Crippen LogP contribution in [-0.2, 0) is 13.6 Å². The van der Waals surface area contributed by atoms with Gasteiger partial charge >= 0.3 is 0 Å². The SMILES string of the molecule is CCn1cc(NC(C)c2nc3ccccc3n2C)cn1. The number of hydrogen-bond acceptors (Lipinski definition) is 3. The minimum absolute atomic E-state index is 0.127. The Morgan fingerprint density at radius 3 is 2.80 bits per heavy atom. The number of rotatable bonds is 4. The highest BCUT2D eigenvalue weighted by atomic mass is 15.3. The Morgan fingerprint density at radius 1 is 1.30 bits per heavy atom. The molecule has 104 valence electrons. The van der Waals surface area contributed by atoms with Crippen molar-refractivity contribution in [2.75, 3.05) is 5.32 Å². The second kappa shape index (κ2) is 5.00. The minimum atomic E-state index is 0.127. The Bertz CT molecular complexity index is 725. The lowest BCUT2D eigenvalue weighted by molar-refractivity contribution is 0.659. The van der Waals surface area contributed by atoms with Gasteiger partial charge in [0, 0.05) is 19.8 Å². The summed E-state index contributed by atoms with van der Waals surface area (Å²) in [5, 5.41) is 7.72. The Labute approximate surface area is 118 Å². The molecule has 20 heavy (non-hydrogen) atoms. The summed E-state index contributed by atoms with van der Waals surface area (Å²) >= 11 is 0. The molecule has 0 saturated carbocycles. The molecule has 1 N–H and O–H groups in total. The quantitative estimate of drug-likeness (QED) is 0.792. The van der Waals surface area contributed by atoms with Gasteiger partial charge in [-0.05, 0) is 26.0 Å². The lowest BCUT2D eigenvalue weighted by Crippen LogP contribution is -2.11. The normalized spacial score (nSPS) is 12.8. The highest BCUT2D eigenvalue weighted by Gasteiger charge is 2.14. The van der Waals surface area contributed by atoms with Crippen LogP contribution in [0.15, 0.2) is 36.7 Å². The van der Waals surface area contributed by atoms with Crippen LogP contribution in [0.1, 0.15) is 25.7 Å². The Balaban J connectivity index is 1.88. The first kappa shape index (κ1) is 12.7. The van der Waals surface area contributed by atoms with Gasteiger partial charge in [0.15, 0.2) is 0 Å². The molecule has 0 bridgehead atoms. The monoisotopic (exact) mass is 269 g/mol. The lowest BCUT2D eigenvalue weighted by atomic mass is 10.3. The van der Waals surface area contributed by atoms with Crippen molar-refractivity contribution < 1.29 is 0 Å². The number of para-hydroxylation sites is 2. The molecule has 5 heteroatoms. The van der Waals surface area contributed by atoms with E-state index in [1.54, 1.807) is 0 Å². The maximum atomic E-state index is 4.71. The molecule has 0 radical (unpaired) electrons. The minimum Gasteiger partial charge on any atom is -0.373 e. The summed E-state index contributed by atoms with van der Waals surface area (Å²) in [4.78, 5) is 4.71. The van der Waals surface area contributed by atoms with Crippen LogP contribution < -0.4 is 5.32 Å². The molecule has 1 atom stereocenters. The van der Waals surface area contributed by atoms with E-state index in [0.717, 1.165) is 29.1 Å². The zero-order chi connectivity index (χ0) is 14.1. The van der Waals surface area contributed by atoms with Crippen LogP contribution in [0.5, 0.6) is 0 Å². The third-order valence-corrected chi connectivity index (χ3v) is 3.55. The van der Waals surface area contributed by atoms with Crippen molar-refractivity contribution in [2.24, 2.45) is 7.05 Å². The average Bonchev–Trinajstić information content (AvgIpc) is 3.04. The van der Waals surface area contributed by atoms with Crippen LogP contribution in [0.3, 0.4) is 0 Å². The van der Waals surface area contributed by atoms with Gasteiger partial charge in [-0.1, -0.05) is 12.1 Å². The van der Waals surface area contributed by atoms with Crippen molar-refractivity contribution in [3.8, 4) is 0 Å². The van der Waals surface area contributed by atoms with E-state index in [4.69, 9.17) is 4.98 Å². The molecule has 0 spiro atoms. The molecule has 0 aliphatic heterocycles. The summed E-state index contributed by atoms with van der Waals surface area (Å²) in [5.74, 6) is 1.02. The first-order valence-electron chi connectivity index (χ1n) is 6.89. The maximum absolute atomic E-state index is 4.71. The maximum Gasteiger partial charge on any atom is 0.131 e. The molecular weight excluding hydrogens is 250 g/mol. The fraction of sp³-hybridized carbons (Fsp3) is 0.333. The van der Waals surface area contributed by atoms with Gasteiger partial charge < -0.3 is 9.88 Å². The van der Waals surface area contributed by atoms with E-state index in [1.807, 2.05) is 35.3 Å². The standard InChI is InChI=1S/C15H19N5/c1-4-20-10-12(9-16-20)17-11(2)15-18-13-7-5-6-8-14(13)19(15)3/h5-11,17H,4H2,1-3H3. The highest BCUT2D eigenvalue weighted by molar-refractivity contribution is 5.76. The number of benzene rings is 1. The van der Waals surface area contributed by atoms with Crippen LogP contribution in [0.2, 0.25) is 0 Å². The van der Waals surface area contributed by atoms with Gasteiger partial charge in [-0.25, -0.2) is 4.98 Å². The molecule has 0 amide bonds. The Morgan fingerprint density at radius 2 is 2.10 bits per heavy atom. The van der Waals surface area contributed by atoms with Crippen LogP contribution in [-0.4, -0.2) is 19.3 Å². The molecule has 2 heterocycles. The molecule has 2 aromatic heterocycles. The largest absolute Gasteiger partial charge is 0.373 e. The summed E-state index contributed by atoms with van der Waals surface area (Å²) in [6, 6.07) is 8.32. The van der Waals surface area contributed by atoms with E-state index >= 15 is 0 Å². The highest BCUT2D eigenvalue weighted by Crippen LogP contribution is 2.22. The van der Waals surface area contributed by atoms with E-state index in [1.165, 1.54) is 0 Å². The summed E-state index contributed by atoms with van der Waals surface area (Å²) in [6.45, 7) is 5.07. The predicted molar refractivity (Wildman–Crippen MR) is 80.7 cm³/mol. The number of nitrogens with zero attached hydrogens (tertiary/aromatic N) is 4. The van der Waals surface area contributed by atoms with Crippen LogP contribution in [0.4, 0.5) is 5.69 Å². The summed E-state index contributed by atoms with van der Waals surface area (Å²) < 4.78 is 4.04. The topological polar surface area (TPSA) is 47.7 Å². The molecule has 0 aliphatic carbocycles.